The van der Waals surface area contributed by atoms with Crippen molar-refractivity contribution in [1.29, 1.82) is 0 Å². The highest BCUT2D eigenvalue weighted by molar-refractivity contribution is 8.02. The molecule has 6 aromatic rings. The van der Waals surface area contributed by atoms with E-state index < -0.39 is 0 Å². The van der Waals surface area contributed by atoms with Crippen molar-refractivity contribution >= 4 is 78.5 Å². The Morgan fingerprint density at radius 2 is 1.23 bits per heavy atom. The number of thioether (sulfide) groups is 1. The number of hydrogen-bond acceptors (Lipinski definition) is 6. The Morgan fingerprint density at radius 1 is 0.692 bits per heavy atom. The number of anilines is 3. The minimum absolute atomic E-state index is 0.737. The molecular weight excluding hydrogens is 555 g/mol. The van der Waals surface area contributed by atoms with E-state index in [0.29, 0.717) is 0 Å². The van der Waals surface area contributed by atoms with E-state index in [1.807, 2.05) is 22.7 Å². The summed E-state index contributed by atoms with van der Waals surface area (Å²) >= 11 is 6.71. The predicted octanol–water partition coefficient (Wildman–Crippen LogP) is 11.5. The van der Waals surface area contributed by atoms with Crippen molar-refractivity contribution in [2.75, 3.05) is 4.90 Å². The number of hydrogen-bond donors (Lipinski definition) is 0. The van der Waals surface area contributed by atoms with Crippen molar-refractivity contribution in [3.05, 3.63) is 118 Å². The number of rotatable bonds is 8. The molecule has 0 aliphatic heterocycles. The molecule has 3 heterocycles. The molecule has 6 rings (SSSR count). The zero-order chi connectivity index (χ0) is 26.9. The lowest BCUT2D eigenvalue weighted by molar-refractivity contribution is 0.112. The molecule has 0 bridgehead atoms. The van der Waals surface area contributed by atoms with Crippen LogP contribution < -0.4 is 4.90 Å². The Hall–Kier alpha value is -3.42. The number of carbonyl (C=O) groups is 1. The number of nitrogens with zero attached hydrogens (tertiary/aromatic N) is 1. The molecule has 6 heteroatoms. The fraction of sp³-hybridized carbons (Fsp3) is 0.0606. The Labute approximate surface area is 244 Å². The van der Waals surface area contributed by atoms with Gasteiger partial charge in [0.25, 0.3) is 0 Å². The maximum absolute atomic E-state index is 11.5. The second-order valence-corrected chi connectivity index (χ2v) is 13.7. The molecule has 39 heavy (non-hydrogen) atoms. The van der Waals surface area contributed by atoms with Gasteiger partial charge in [-0.05, 0) is 85.0 Å². The van der Waals surface area contributed by atoms with Crippen LogP contribution in [0.1, 0.15) is 20.1 Å². The zero-order valence-corrected chi connectivity index (χ0v) is 24.8. The molecule has 0 radical (unpaired) electrons. The molecule has 0 aliphatic rings. The molecule has 0 aliphatic carbocycles. The van der Waals surface area contributed by atoms with Crippen molar-refractivity contribution in [3.8, 4) is 20.9 Å². The number of benzene rings is 3. The van der Waals surface area contributed by atoms with Gasteiger partial charge in [-0.15, -0.1) is 34.0 Å². The van der Waals surface area contributed by atoms with Gasteiger partial charge in [0.05, 0.1) is 4.88 Å². The molecule has 0 N–H and O–H groups in total. The van der Waals surface area contributed by atoms with Crippen molar-refractivity contribution in [2.24, 2.45) is 0 Å². The predicted molar refractivity (Wildman–Crippen MR) is 174 cm³/mol. The van der Waals surface area contributed by atoms with E-state index in [9.17, 15) is 4.79 Å². The average Bonchev–Trinajstić information content (AvgIpc) is 3.64. The van der Waals surface area contributed by atoms with Gasteiger partial charge in [-0.2, -0.15) is 0 Å². The molecule has 0 amide bonds. The van der Waals surface area contributed by atoms with E-state index in [0.717, 1.165) is 43.6 Å². The van der Waals surface area contributed by atoms with Gasteiger partial charge in [0, 0.05) is 46.0 Å². The van der Waals surface area contributed by atoms with Crippen LogP contribution in [0.25, 0.3) is 30.3 Å². The monoisotopic (exact) mass is 579 g/mol. The van der Waals surface area contributed by atoms with Gasteiger partial charge in [-0.3, -0.25) is 4.79 Å². The van der Waals surface area contributed by atoms with E-state index in [2.05, 4.69) is 116 Å². The summed E-state index contributed by atoms with van der Waals surface area (Å²) in [4.78, 5) is 19.2. The standard InChI is InChI=1S/C33H25NOS4/c1-4-36-30-18-28(39-33(30)20-35)23-7-13-26(14-8-23)34(25-11-5-21(2)6-12-25)27-15-9-24(10-16-27)29-19-32-31(38-29)17-22(3)37-32/h4-20H,1H2,2-3H3. The molecule has 0 saturated carbocycles. The van der Waals surface area contributed by atoms with E-state index in [1.165, 1.54) is 53.4 Å². The molecule has 3 aromatic carbocycles. The van der Waals surface area contributed by atoms with E-state index >= 15 is 0 Å². The topological polar surface area (TPSA) is 20.3 Å². The van der Waals surface area contributed by atoms with E-state index in [1.54, 1.807) is 5.41 Å². The number of fused-ring (bicyclic) bond motifs is 1. The minimum Gasteiger partial charge on any atom is -0.311 e. The van der Waals surface area contributed by atoms with Crippen LogP contribution in [0, 0.1) is 13.8 Å². The first kappa shape index (κ1) is 25.8. The summed E-state index contributed by atoms with van der Waals surface area (Å²) in [6.45, 7) is 8.06. The lowest BCUT2D eigenvalue weighted by atomic mass is 10.1. The van der Waals surface area contributed by atoms with Gasteiger partial charge in [0.2, 0.25) is 0 Å². The molecule has 3 aromatic heterocycles. The fourth-order valence-electron chi connectivity index (χ4n) is 4.58. The molecule has 192 valence electrons. The first-order valence-electron chi connectivity index (χ1n) is 12.5. The molecule has 2 nitrogen and oxygen atoms in total. The maximum atomic E-state index is 11.5. The van der Waals surface area contributed by atoms with Crippen LogP contribution in [-0.2, 0) is 0 Å². The molecule has 0 atom stereocenters. The van der Waals surface area contributed by atoms with Crippen LogP contribution in [0.5, 0.6) is 0 Å². The Kier molecular flexibility index (Phi) is 7.28. The van der Waals surface area contributed by atoms with Crippen molar-refractivity contribution in [2.45, 2.75) is 18.7 Å². The summed E-state index contributed by atoms with van der Waals surface area (Å²) in [6.07, 6.45) is 0.928. The van der Waals surface area contributed by atoms with Gasteiger partial charge in [0.1, 0.15) is 0 Å². The maximum Gasteiger partial charge on any atom is 0.161 e. The van der Waals surface area contributed by atoms with Crippen LogP contribution in [0.15, 0.2) is 108 Å². The first-order chi connectivity index (χ1) is 19.0. The van der Waals surface area contributed by atoms with E-state index in [-0.39, 0.29) is 0 Å². The molecule has 0 fully saturated rings. The third kappa shape index (κ3) is 5.25. The highest BCUT2D eigenvalue weighted by atomic mass is 32.2. The third-order valence-corrected chi connectivity index (χ3v) is 10.7. The average molecular weight is 580 g/mol. The zero-order valence-electron chi connectivity index (χ0n) is 21.5. The van der Waals surface area contributed by atoms with Crippen LogP contribution in [0.3, 0.4) is 0 Å². The third-order valence-electron chi connectivity index (χ3n) is 6.48. The van der Waals surface area contributed by atoms with E-state index in [4.69, 9.17) is 0 Å². The molecule has 0 spiro atoms. The summed E-state index contributed by atoms with van der Waals surface area (Å²) in [5.41, 5.74) is 6.85. The Morgan fingerprint density at radius 3 is 1.77 bits per heavy atom. The van der Waals surface area contributed by atoms with Crippen LogP contribution >= 0.6 is 45.8 Å². The highest BCUT2D eigenvalue weighted by Crippen LogP contribution is 2.41. The van der Waals surface area contributed by atoms with Crippen molar-refractivity contribution in [3.63, 3.8) is 0 Å². The Balaban J connectivity index is 1.35. The normalized spacial score (nSPS) is 11.1. The SMILES string of the molecule is C=CSc1cc(-c2ccc(N(c3ccc(C)cc3)c3ccc(-c4cc5sc(C)cc5s4)cc3)cc2)sc1C=O. The van der Waals surface area contributed by atoms with Crippen molar-refractivity contribution < 1.29 is 4.79 Å². The van der Waals surface area contributed by atoms with Crippen LogP contribution in [0.4, 0.5) is 17.1 Å². The molecule has 0 unspecified atom stereocenters. The summed E-state index contributed by atoms with van der Waals surface area (Å²) in [6, 6.07) is 32.7. The second-order valence-electron chi connectivity index (χ2n) is 9.20. The molecular formula is C33H25NOS4. The van der Waals surface area contributed by atoms with Crippen LogP contribution in [-0.4, -0.2) is 6.29 Å². The largest absolute Gasteiger partial charge is 0.311 e. The minimum atomic E-state index is 0.737. The number of aryl methyl sites for hydroxylation is 2. The van der Waals surface area contributed by atoms with Gasteiger partial charge >= 0.3 is 0 Å². The first-order valence-corrected chi connectivity index (χ1v) is 15.8. The van der Waals surface area contributed by atoms with Gasteiger partial charge in [-0.1, -0.05) is 60.3 Å². The van der Waals surface area contributed by atoms with Gasteiger partial charge in [-0.25, -0.2) is 0 Å². The lowest BCUT2D eigenvalue weighted by Gasteiger charge is -2.26. The quantitative estimate of drug-likeness (QED) is 0.132. The van der Waals surface area contributed by atoms with Gasteiger partial charge in [0.15, 0.2) is 6.29 Å². The highest BCUT2D eigenvalue weighted by Gasteiger charge is 2.15. The number of thiophene rings is 3. The summed E-state index contributed by atoms with van der Waals surface area (Å²) in [5, 5.41) is 1.76. The Bertz CT molecular complexity index is 1740. The summed E-state index contributed by atoms with van der Waals surface area (Å²) in [7, 11) is 0. The van der Waals surface area contributed by atoms with Gasteiger partial charge < -0.3 is 4.90 Å². The lowest BCUT2D eigenvalue weighted by Crippen LogP contribution is -2.09. The van der Waals surface area contributed by atoms with Crippen LogP contribution in [0.2, 0.25) is 0 Å². The second kappa shape index (κ2) is 11.0. The smallest absolute Gasteiger partial charge is 0.161 e. The molecule has 0 saturated heterocycles. The summed E-state index contributed by atoms with van der Waals surface area (Å²) in [5.74, 6) is 0. The number of carbonyl (C=O) groups excluding carboxylic acids is 1. The fourth-order valence-corrected chi connectivity index (χ4v) is 8.65. The van der Waals surface area contributed by atoms with Crippen molar-refractivity contribution in [1.82, 2.24) is 0 Å². The summed E-state index contributed by atoms with van der Waals surface area (Å²) < 4.78 is 2.72. The number of aldehydes is 1.